The van der Waals surface area contributed by atoms with E-state index in [4.69, 9.17) is 0 Å². The lowest BCUT2D eigenvalue weighted by molar-refractivity contribution is -0.249. The zero-order valence-electron chi connectivity index (χ0n) is 18.1. The summed E-state index contributed by atoms with van der Waals surface area (Å²) in [6, 6.07) is 15.4. The highest BCUT2D eigenvalue weighted by Gasteiger charge is 2.66. The summed E-state index contributed by atoms with van der Waals surface area (Å²) >= 11 is 0. The van der Waals surface area contributed by atoms with E-state index in [1.165, 1.54) is 67.0 Å². The molecule has 0 fully saturated rings. The molecule has 0 aliphatic rings. The Labute approximate surface area is 193 Å². The fourth-order valence-corrected chi connectivity index (χ4v) is 3.44. The van der Waals surface area contributed by atoms with E-state index >= 15 is 0 Å². The number of rotatable bonds is 8. The quantitative estimate of drug-likeness (QED) is 0.302. The Morgan fingerprint density at radius 1 is 0.971 bits per heavy atom. The van der Waals surface area contributed by atoms with Crippen molar-refractivity contribution >= 4 is 11.9 Å². The molecule has 3 aromatic rings. The molecule has 0 aliphatic heterocycles. The topological polar surface area (TPSA) is 71.5 Å². The van der Waals surface area contributed by atoms with Gasteiger partial charge in [-0.15, -0.1) is 0 Å². The van der Waals surface area contributed by atoms with Crippen molar-refractivity contribution in [2.45, 2.75) is 24.9 Å². The van der Waals surface area contributed by atoms with Crippen LogP contribution in [0.3, 0.4) is 0 Å². The summed E-state index contributed by atoms with van der Waals surface area (Å²) in [5.41, 5.74) is -3.55. The normalized spacial score (nSPS) is 13.2. The van der Waals surface area contributed by atoms with Gasteiger partial charge in [0.15, 0.2) is 0 Å². The second-order valence-corrected chi connectivity index (χ2v) is 7.33. The van der Waals surface area contributed by atoms with Crippen molar-refractivity contribution in [1.82, 2.24) is 15.2 Å². The van der Waals surface area contributed by atoms with Crippen molar-refractivity contribution in [3.05, 3.63) is 102 Å². The van der Waals surface area contributed by atoms with E-state index in [0.29, 0.717) is 10.5 Å². The summed E-state index contributed by atoms with van der Waals surface area (Å²) in [5, 5.41) is 1.84. The van der Waals surface area contributed by atoms with E-state index < -0.39 is 42.6 Å². The van der Waals surface area contributed by atoms with Crippen LogP contribution in [0.5, 0.6) is 0 Å². The smallest absolute Gasteiger partial charge is 0.436 e. The zero-order chi connectivity index (χ0) is 24.8. The molecule has 1 atom stereocenters. The molecule has 0 spiro atoms. The number of methoxy groups -OCH3 is 1. The Morgan fingerprint density at radius 3 is 2.24 bits per heavy atom. The molecule has 1 unspecified atom stereocenters. The van der Waals surface area contributed by atoms with Crippen molar-refractivity contribution in [2.75, 3.05) is 7.11 Å². The average molecular weight is 475 g/mol. The molecule has 0 radical (unpaired) electrons. The Balaban J connectivity index is 2.17. The third-order valence-electron chi connectivity index (χ3n) is 5.11. The number of alkyl halides is 3. The van der Waals surface area contributed by atoms with E-state index in [1.807, 2.05) is 5.32 Å². The summed E-state index contributed by atoms with van der Waals surface area (Å²) in [5.74, 6) is -3.70. The van der Waals surface area contributed by atoms with Gasteiger partial charge >= 0.3 is 12.1 Å². The van der Waals surface area contributed by atoms with Gasteiger partial charge in [-0.3, -0.25) is 14.7 Å². The van der Waals surface area contributed by atoms with E-state index in [1.54, 1.807) is 6.07 Å². The Kier molecular flexibility index (Phi) is 7.62. The van der Waals surface area contributed by atoms with Gasteiger partial charge in [-0.25, -0.2) is 9.18 Å². The summed E-state index contributed by atoms with van der Waals surface area (Å²) < 4.78 is 63.3. The van der Waals surface area contributed by atoms with Gasteiger partial charge in [0, 0.05) is 36.6 Å². The van der Waals surface area contributed by atoms with E-state index in [-0.39, 0.29) is 11.1 Å². The second-order valence-electron chi connectivity index (χ2n) is 7.33. The molecule has 1 aromatic heterocycles. The average Bonchev–Trinajstić information content (AvgIpc) is 2.83. The maximum Gasteiger partial charge on any atom is 0.436 e. The van der Waals surface area contributed by atoms with Crippen molar-refractivity contribution in [3.63, 3.8) is 0 Å². The number of carbonyl (C=O) groups excluding carboxylic acids is 2. The van der Waals surface area contributed by atoms with Gasteiger partial charge in [0.25, 0.3) is 11.6 Å². The fourth-order valence-electron chi connectivity index (χ4n) is 3.44. The Hall–Kier alpha value is -3.79. The van der Waals surface area contributed by atoms with Crippen LogP contribution in [0, 0.1) is 5.82 Å². The van der Waals surface area contributed by atoms with Crippen LogP contribution in [-0.2, 0) is 22.6 Å². The summed E-state index contributed by atoms with van der Waals surface area (Å²) in [6.07, 6.45) is -2.61. The second kappa shape index (κ2) is 10.4. The van der Waals surface area contributed by atoms with E-state index in [2.05, 4.69) is 9.72 Å². The fraction of sp³-hybridized carbons (Fsp3) is 0.208. The SMILES string of the molecule is COC(=O)C(NC(=O)c1ccccc1)(N(Cc1cccnc1)Cc1ccccc1F)C(F)(F)F. The highest BCUT2D eigenvalue weighted by Crippen LogP contribution is 2.37. The van der Waals surface area contributed by atoms with Crippen LogP contribution in [0.4, 0.5) is 17.6 Å². The first-order valence-corrected chi connectivity index (χ1v) is 10.1. The summed E-state index contributed by atoms with van der Waals surface area (Å²) in [6.45, 7) is -1.18. The van der Waals surface area contributed by atoms with Crippen LogP contribution in [0.1, 0.15) is 21.5 Å². The third kappa shape index (κ3) is 5.23. The number of carbonyl (C=O) groups is 2. The van der Waals surface area contributed by atoms with Crippen molar-refractivity contribution in [2.24, 2.45) is 0 Å². The number of pyridine rings is 1. The summed E-state index contributed by atoms with van der Waals surface area (Å²) in [7, 11) is 0.781. The number of nitrogens with one attached hydrogen (secondary N) is 1. The number of hydrogen-bond donors (Lipinski definition) is 1. The predicted octanol–water partition coefficient (Wildman–Crippen LogP) is 4.08. The van der Waals surface area contributed by atoms with Gasteiger partial charge < -0.3 is 10.1 Å². The number of aromatic nitrogens is 1. The highest BCUT2D eigenvalue weighted by molar-refractivity contribution is 5.98. The number of ether oxygens (including phenoxy) is 1. The first kappa shape index (κ1) is 24.8. The monoisotopic (exact) mass is 475 g/mol. The summed E-state index contributed by atoms with van der Waals surface area (Å²) in [4.78, 5) is 30.2. The van der Waals surface area contributed by atoms with Gasteiger partial charge in [-0.1, -0.05) is 42.5 Å². The van der Waals surface area contributed by atoms with Gasteiger partial charge in [-0.05, 0) is 29.8 Å². The number of nitrogens with zero attached hydrogens (tertiary/aromatic N) is 2. The maximum absolute atomic E-state index is 14.8. The van der Waals surface area contributed by atoms with E-state index in [0.717, 1.165) is 13.2 Å². The molecule has 10 heteroatoms. The van der Waals surface area contributed by atoms with Crippen molar-refractivity contribution in [3.8, 4) is 0 Å². The van der Waals surface area contributed by atoms with Gasteiger partial charge in [0.2, 0.25) is 0 Å². The lowest BCUT2D eigenvalue weighted by atomic mass is 10.0. The molecular formula is C24H21F4N3O3. The standard InChI is InChI=1S/C24H21F4N3O3/c1-34-22(33)23(24(26,27)28,30-21(32)18-9-3-2-4-10-18)31(15-17-8-7-13-29-14-17)16-19-11-5-6-12-20(19)25/h2-14H,15-16H2,1H3,(H,30,32). The number of halogens is 4. The first-order valence-electron chi connectivity index (χ1n) is 10.1. The third-order valence-corrected chi connectivity index (χ3v) is 5.11. The molecule has 2 aromatic carbocycles. The molecule has 3 rings (SSSR count). The minimum Gasteiger partial charge on any atom is -0.466 e. The Morgan fingerprint density at radius 2 is 1.65 bits per heavy atom. The molecule has 1 N–H and O–H groups in total. The molecule has 0 saturated carbocycles. The van der Waals surface area contributed by atoms with Gasteiger partial charge in [-0.2, -0.15) is 13.2 Å². The van der Waals surface area contributed by atoms with Crippen LogP contribution in [0.2, 0.25) is 0 Å². The molecule has 0 saturated heterocycles. The van der Waals surface area contributed by atoms with Crippen LogP contribution in [-0.4, -0.2) is 40.7 Å². The molecule has 1 heterocycles. The van der Waals surface area contributed by atoms with Crippen LogP contribution in [0.25, 0.3) is 0 Å². The van der Waals surface area contributed by atoms with E-state index in [9.17, 15) is 27.2 Å². The maximum atomic E-state index is 14.8. The first-order chi connectivity index (χ1) is 16.2. The lowest BCUT2D eigenvalue weighted by Crippen LogP contribution is -2.73. The molecule has 0 bridgehead atoms. The number of esters is 1. The van der Waals surface area contributed by atoms with Crippen molar-refractivity contribution < 1.29 is 31.9 Å². The van der Waals surface area contributed by atoms with Gasteiger partial charge in [0.1, 0.15) is 5.82 Å². The van der Waals surface area contributed by atoms with Crippen molar-refractivity contribution in [1.29, 1.82) is 0 Å². The minimum absolute atomic E-state index is 0.104. The highest BCUT2D eigenvalue weighted by atomic mass is 19.4. The number of hydrogen-bond acceptors (Lipinski definition) is 5. The molecule has 1 amide bonds. The minimum atomic E-state index is -5.35. The van der Waals surface area contributed by atoms with Crippen LogP contribution < -0.4 is 5.32 Å². The molecule has 34 heavy (non-hydrogen) atoms. The molecule has 0 aliphatic carbocycles. The number of amides is 1. The Bertz CT molecular complexity index is 1130. The largest absolute Gasteiger partial charge is 0.466 e. The number of benzene rings is 2. The lowest BCUT2D eigenvalue weighted by Gasteiger charge is -2.42. The van der Waals surface area contributed by atoms with Gasteiger partial charge in [0.05, 0.1) is 7.11 Å². The predicted molar refractivity (Wildman–Crippen MR) is 115 cm³/mol. The van der Waals surface area contributed by atoms with Crippen LogP contribution >= 0.6 is 0 Å². The molecular weight excluding hydrogens is 454 g/mol. The zero-order valence-corrected chi connectivity index (χ0v) is 18.1. The molecule has 178 valence electrons. The molecule has 6 nitrogen and oxygen atoms in total. The van der Waals surface area contributed by atoms with Crippen LogP contribution in [0.15, 0.2) is 79.1 Å².